The van der Waals surface area contributed by atoms with Gasteiger partial charge in [-0.15, -0.1) is 11.3 Å². The van der Waals surface area contributed by atoms with Gasteiger partial charge < -0.3 is 24.6 Å². The molecule has 2 N–H and O–H groups in total. The molecule has 5 heterocycles. The number of piperazine rings is 1. The molecule has 5 amide bonds. The van der Waals surface area contributed by atoms with Crippen LogP contribution in [0.5, 0.6) is 5.75 Å². The lowest BCUT2D eigenvalue weighted by molar-refractivity contribution is -0.154. The number of aryl methyl sites for hydroxylation is 2. The molecule has 3 saturated heterocycles. The van der Waals surface area contributed by atoms with Crippen LogP contribution in [0, 0.1) is 18.8 Å². The van der Waals surface area contributed by atoms with Crippen LogP contribution in [-0.2, 0) is 25.5 Å². The fraction of sp³-hybridized carbons (Fsp3) is 0.517. The van der Waals surface area contributed by atoms with E-state index < -0.39 is 11.6 Å². The van der Waals surface area contributed by atoms with Gasteiger partial charge in [0, 0.05) is 86.5 Å². The first-order chi connectivity index (χ1) is 37.0. The Morgan fingerprint density at radius 3 is 2.36 bits per heavy atom. The number of nitrogens with one attached hydrogen (secondary N) is 2. The molecule has 0 unspecified atom stereocenters. The van der Waals surface area contributed by atoms with Crippen molar-refractivity contribution in [3.05, 3.63) is 98.5 Å². The van der Waals surface area contributed by atoms with Gasteiger partial charge in [-0.25, -0.2) is 14.8 Å². The lowest BCUT2D eigenvalue weighted by Crippen LogP contribution is -2.50. The molecule has 0 radical (unpaired) electrons. The maximum Gasteiger partial charge on any atom is 0.328 e. The van der Waals surface area contributed by atoms with Crippen molar-refractivity contribution in [1.29, 1.82) is 0 Å². The van der Waals surface area contributed by atoms with Crippen LogP contribution >= 0.6 is 22.9 Å². The van der Waals surface area contributed by atoms with Gasteiger partial charge in [-0.3, -0.25) is 34.3 Å². The summed E-state index contributed by atoms with van der Waals surface area (Å²) in [6.07, 6.45) is 9.94. The number of piperidine rings is 1. The first-order valence-electron chi connectivity index (χ1n) is 27.7. The fourth-order valence-corrected chi connectivity index (χ4v) is 12.8. The molecule has 5 aromatic rings. The van der Waals surface area contributed by atoms with Crippen molar-refractivity contribution < 1.29 is 33.4 Å². The highest BCUT2D eigenvalue weighted by molar-refractivity contribution is 7.10. The van der Waals surface area contributed by atoms with Gasteiger partial charge in [-0.2, -0.15) is 0 Å². The summed E-state index contributed by atoms with van der Waals surface area (Å²) in [7, 11) is 1.72. The largest absolute Gasteiger partial charge is 0.496 e. The number of amides is 5. The summed E-state index contributed by atoms with van der Waals surface area (Å²) in [4.78, 5) is 83.0. The molecule has 3 aliphatic heterocycles. The normalized spacial score (nSPS) is 19.3. The Kier molecular flexibility index (Phi) is 17.9. The van der Waals surface area contributed by atoms with E-state index >= 15 is 0 Å². The number of imide groups is 1. The number of benzene rings is 3. The second-order valence-corrected chi connectivity index (χ2v) is 23.8. The predicted molar refractivity (Wildman–Crippen MR) is 304 cm³/mol. The highest BCUT2D eigenvalue weighted by atomic mass is 35.5. The van der Waals surface area contributed by atoms with Gasteiger partial charge in [-0.1, -0.05) is 48.7 Å². The summed E-state index contributed by atoms with van der Waals surface area (Å²) in [5.41, 5.74) is 5.73. The predicted octanol–water partition coefficient (Wildman–Crippen LogP) is 11.4. The van der Waals surface area contributed by atoms with Gasteiger partial charge in [0.25, 0.3) is 5.91 Å². The van der Waals surface area contributed by atoms with E-state index in [1.807, 2.05) is 50.8 Å². The van der Waals surface area contributed by atoms with Crippen molar-refractivity contribution in [2.45, 2.75) is 129 Å². The van der Waals surface area contributed by atoms with Gasteiger partial charge in [0.15, 0.2) is 0 Å². The van der Waals surface area contributed by atoms with Gasteiger partial charge in [-0.05, 0) is 162 Å². The Morgan fingerprint density at radius 2 is 1.64 bits per heavy atom. The van der Waals surface area contributed by atoms with Gasteiger partial charge in [0.2, 0.25) is 11.8 Å². The Labute approximate surface area is 462 Å². The van der Waals surface area contributed by atoms with Crippen molar-refractivity contribution in [3.63, 3.8) is 0 Å². The topological polar surface area (TPSA) is 167 Å². The van der Waals surface area contributed by atoms with Crippen LogP contribution in [0.2, 0.25) is 5.02 Å². The number of methoxy groups -OCH3 is 1. The van der Waals surface area contributed by atoms with Crippen LogP contribution in [0.4, 0.5) is 16.3 Å². The number of hydrogen-bond acceptors (Lipinski definition) is 12. The number of thiophene rings is 1. The van der Waals surface area contributed by atoms with Crippen molar-refractivity contribution in [3.8, 4) is 16.9 Å². The van der Waals surface area contributed by atoms with E-state index in [2.05, 4.69) is 57.0 Å². The standard InChI is InChI=1S/C60H75ClN8O7S/c1-38(53-34-45(37-77-53)46-13-8-7-12-41(46)19-21-55(71)76-60(3,4)5)62-56-48-35-47(52(75-6)36-50(48)63-39(2)64-56)42-14-16-43(17-15-42)57(72)68-31-29-66(30-32-68)25-10-9-11-40-22-26-67(27-23-40)58(73)44-18-20-49(61)51(33-44)69-28-24-54(70)65-59(69)74/h7-8,12-13,18,20,33-38,40,42-43H,9-11,14-17,19,21-32H2,1-6H3,(H,62,63,64)(H,65,70,74)/t38-,42?,43?/m1/s1. The van der Waals surface area contributed by atoms with Gasteiger partial charge in [0.05, 0.1) is 29.4 Å². The molecule has 410 valence electrons. The second kappa shape index (κ2) is 24.7. The molecular formula is C60H75ClN8O7S. The molecular weight excluding hydrogens is 1010 g/mol. The SMILES string of the molecule is COc1cc2nc(C)nc(N[C@H](C)c3cc(-c4ccccc4CCC(=O)OC(C)(C)C)cs3)c2cc1C1CCC(C(=O)N2CCN(CCCCC3CCN(C(=O)c4ccc(Cl)c(N5CCC(=O)NC5=O)c4)CC3)CC2)CC1. The molecule has 0 spiro atoms. The zero-order valence-electron chi connectivity index (χ0n) is 45.6. The zero-order valence-corrected chi connectivity index (χ0v) is 47.2. The summed E-state index contributed by atoms with van der Waals surface area (Å²) in [6, 6.07) is 19.2. The van der Waals surface area contributed by atoms with Crippen LogP contribution in [0.15, 0.2) is 66.0 Å². The number of nitrogens with zero attached hydrogens (tertiary/aromatic N) is 6. The molecule has 9 rings (SSSR count). The number of fused-ring (bicyclic) bond motifs is 1. The highest BCUT2D eigenvalue weighted by Gasteiger charge is 2.34. The van der Waals surface area contributed by atoms with Crippen LogP contribution in [0.1, 0.15) is 142 Å². The number of carbonyl (C=O) groups is 5. The molecule has 77 heavy (non-hydrogen) atoms. The average Bonchev–Trinajstić information content (AvgIpc) is 3.93. The van der Waals surface area contributed by atoms with Gasteiger partial charge >= 0.3 is 12.0 Å². The Hall–Kier alpha value is -6.10. The number of unbranched alkanes of at least 4 members (excludes halogenated alkanes) is 1. The lowest BCUT2D eigenvalue weighted by atomic mass is 9.77. The first-order valence-corrected chi connectivity index (χ1v) is 29.0. The van der Waals surface area contributed by atoms with E-state index in [1.165, 1.54) is 9.78 Å². The molecule has 1 saturated carbocycles. The van der Waals surface area contributed by atoms with Crippen molar-refractivity contribution in [2.24, 2.45) is 11.8 Å². The number of aromatic nitrogens is 2. The average molecular weight is 1090 g/mol. The number of likely N-dealkylation sites (tertiary alicyclic amines) is 1. The molecule has 3 aromatic carbocycles. The third-order valence-electron chi connectivity index (χ3n) is 15.9. The van der Waals surface area contributed by atoms with Crippen LogP contribution in [0.3, 0.4) is 0 Å². The monoisotopic (exact) mass is 1090 g/mol. The van der Waals surface area contributed by atoms with E-state index in [0.29, 0.717) is 59.9 Å². The lowest BCUT2D eigenvalue weighted by Gasteiger charge is -2.38. The number of urea groups is 1. The zero-order chi connectivity index (χ0) is 54.4. The van der Waals surface area contributed by atoms with Crippen LogP contribution < -0.4 is 20.3 Å². The Morgan fingerprint density at radius 1 is 0.883 bits per heavy atom. The number of halogens is 1. The minimum absolute atomic E-state index is 0.0298. The number of esters is 1. The smallest absolute Gasteiger partial charge is 0.328 e. The van der Waals surface area contributed by atoms with Crippen LogP contribution in [0.25, 0.3) is 22.0 Å². The number of hydrogen-bond donors (Lipinski definition) is 2. The molecule has 17 heteroatoms. The Bertz CT molecular complexity index is 2950. The van der Waals surface area contributed by atoms with Crippen LogP contribution in [-0.4, -0.2) is 119 Å². The van der Waals surface area contributed by atoms with Crippen molar-refractivity contribution in [2.75, 3.05) is 69.7 Å². The first kappa shape index (κ1) is 55.6. The molecule has 15 nitrogen and oxygen atoms in total. The number of ether oxygens (including phenoxy) is 2. The molecule has 4 fully saturated rings. The molecule has 0 bridgehead atoms. The summed E-state index contributed by atoms with van der Waals surface area (Å²) in [6.45, 7) is 15.7. The maximum absolute atomic E-state index is 14.0. The number of rotatable bonds is 17. The third-order valence-corrected chi connectivity index (χ3v) is 17.3. The van der Waals surface area contributed by atoms with Crippen molar-refractivity contribution >= 4 is 75.1 Å². The minimum Gasteiger partial charge on any atom is -0.496 e. The van der Waals surface area contributed by atoms with E-state index in [9.17, 15) is 24.0 Å². The molecule has 1 atom stereocenters. The summed E-state index contributed by atoms with van der Waals surface area (Å²) < 4.78 is 11.6. The molecule has 4 aliphatic rings. The fourth-order valence-electron chi connectivity index (χ4n) is 11.7. The highest BCUT2D eigenvalue weighted by Crippen LogP contribution is 2.43. The van der Waals surface area contributed by atoms with E-state index in [0.717, 1.165) is 135 Å². The summed E-state index contributed by atoms with van der Waals surface area (Å²) in [5, 5.41) is 9.55. The number of anilines is 2. The van der Waals surface area contributed by atoms with E-state index in [1.54, 1.807) is 36.6 Å². The molecule has 1 aliphatic carbocycles. The van der Waals surface area contributed by atoms with E-state index in [4.69, 9.17) is 31.0 Å². The maximum atomic E-state index is 14.0. The van der Waals surface area contributed by atoms with E-state index in [-0.39, 0.29) is 48.6 Å². The molecule has 2 aromatic heterocycles. The number of carbonyl (C=O) groups excluding carboxylic acids is 5. The second-order valence-electron chi connectivity index (χ2n) is 22.4. The minimum atomic E-state index is -0.529. The van der Waals surface area contributed by atoms with Gasteiger partial charge in [0.1, 0.15) is 23.0 Å². The third kappa shape index (κ3) is 13.8. The summed E-state index contributed by atoms with van der Waals surface area (Å²) >= 11 is 8.13. The quantitative estimate of drug-likeness (QED) is 0.0672. The Balaban J connectivity index is 0.718. The summed E-state index contributed by atoms with van der Waals surface area (Å²) in [5.74, 6) is 2.86. The van der Waals surface area contributed by atoms with Crippen molar-refractivity contribution in [1.82, 2.24) is 30.0 Å².